The Hall–Kier alpha value is -0.630. The van der Waals surface area contributed by atoms with E-state index in [4.69, 9.17) is 0 Å². The number of carbonyl (C=O) groups is 1. The SMILES string of the molecule is C/C=C/C(O)C(C)(C)C(C)=O. The fourth-order valence-corrected chi connectivity index (χ4v) is 0.631. The molecule has 0 aliphatic heterocycles. The number of ketones is 1. The largest absolute Gasteiger partial charge is 0.388 e. The van der Waals surface area contributed by atoms with Crippen LogP contribution in [0.2, 0.25) is 0 Å². The van der Waals surface area contributed by atoms with E-state index in [0.29, 0.717) is 0 Å². The maximum atomic E-state index is 11.0. The smallest absolute Gasteiger partial charge is 0.138 e. The number of allylic oxidation sites excluding steroid dienone is 1. The molecule has 0 saturated carbocycles. The van der Waals surface area contributed by atoms with Crippen molar-refractivity contribution < 1.29 is 9.90 Å². The summed E-state index contributed by atoms with van der Waals surface area (Å²) in [6, 6.07) is 0. The summed E-state index contributed by atoms with van der Waals surface area (Å²) in [6.07, 6.45) is 2.70. The van der Waals surface area contributed by atoms with Crippen LogP contribution in [-0.2, 0) is 4.79 Å². The van der Waals surface area contributed by atoms with Crippen molar-refractivity contribution in [2.24, 2.45) is 5.41 Å². The van der Waals surface area contributed by atoms with E-state index in [1.54, 1.807) is 26.0 Å². The van der Waals surface area contributed by atoms with Gasteiger partial charge >= 0.3 is 0 Å². The van der Waals surface area contributed by atoms with Crippen molar-refractivity contribution in [3.63, 3.8) is 0 Å². The Labute approximate surface area is 67.9 Å². The van der Waals surface area contributed by atoms with Crippen molar-refractivity contribution in [2.45, 2.75) is 33.8 Å². The van der Waals surface area contributed by atoms with Crippen LogP contribution in [0.15, 0.2) is 12.2 Å². The van der Waals surface area contributed by atoms with E-state index in [1.165, 1.54) is 6.92 Å². The number of aliphatic hydroxyl groups excluding tert-OH is 1. The van der Waals surface area contributed by atoms with Gasteiger partial charge in [-0.05, 0) is 13.8 Å². The van der Waals surface area contributed by atoms with Crippen LogP contribution in [0.3, 0.4) is 0 Å². The number of rotatable bonds is 3. The van der Waals surface area contributed by atoms with E-state index >= 15 is 0 Å². The second kappa shape index (κ2) is 3.67. The van der Waals surface area contributed by atoms with Crippen LogP contribution < -0.4 is 0 Å². The standard InChI is InChI=1S/C9H16O2/c1-5-6-8(11)9(3,4)7(2)10/h5-6,8,11H,1-4H3/b6-5+. The lowest BCUT2D eigenvalue weighted by atomic mass is 9.82. The molecule has 0 spiro atoms. The molecular weight excluding hydrogens is 140 g/mol. The van der Waals surface area contributed by atoms with Crippen LogP contribution in [-0.4, -0.2) is 17.0 Å². The van der Waals surface area contributed by atoms with Crippen LogP contribution in [0, 0.1) is 5.41 Å². The molecule has 0 rings (SSSR count). The molecule has 0 aromatic heterocycles. The van der Waals surface area contributed by atoms with Gasteiger partial charge in [0.05, 0.1) is 11.5 Å². The second-order valence-electron chi connectivity index (χ2n) is 3.25. The summed E-state index contributed by atoms with van der Waals surface area (Å²) in [5, 5.41) is 9.44. The zero-order valence-corrected chi connectivity index (χ0v) is 7.59. The third-order valence-electron chi connectivity index (χ3n) is 2.02. The minimum atomic E-state index is -0.676. The Morgan fingerprint density at radius 1 is 1.55 bits per heavy atom. The predicted octanol–water partition coefficient (Wildman–Crippen LogP) is 1.54. The first-order chi connectivity index (χ1) is 4.92. The van der Waals surface area contributed by atoms with Gasteiger partial charge in [0.15, 0.2) is 0 Å². The number of Topliss-reactive ketones (excluding diaryl/α,β-unsaturated/α-hetero) is 1. The van der Waals surface area contributed by atoms with Crippen LogP contribution in [0.5, 0.6) is 0 Å². The van der Waals surface area contributed by atoms with Gasteiger partial charge in [0.1, 0.15) is 5.78 Å². The van der Waals surface area contributed by atoms with Gasteiger partial charge in [0, 0.05) is 0 Å². The summed E-state index contributed by atoms with van der Waals surface area (Å²) in [5.41, 5.74) is -0.660. The highest BCUT2D eigenvalue weighted by Crippen LogP contribution is 2.22. The van der Waals surface area contributed by atoms with Gasteiger partial charge in [-0.1, -0.05) is 26.0 Å². The lowest BCUT2D eigenvalue weighted by molar-refractivity contribution is -0.128. The normalized spacial score (nSPS) is 15.4. The van der Waals surface area contributed by atoms with Crippen LogP contribution in [0.1, 0.15) is 27.7 Å². The minimum Gasteiger partial charge on any atom is -0.388 e. The fraction of sp³-hybridized carbons (Fsp3) is 0.667. The Kier molecular flexibility index (Phi) is 3.46. The van der Waals surface area contributed by atoms with Gasteiger partial charge in [-0.3, -0.25) is 4.79 Å². The van der Waals surface area contributed by atoms with Crippen molar-refractivity contribution in [3.05, 3.63) is 12.2 Å². The van der Waals surface area contributed by atoms with Gasteiger partial charge in [0.2, 0.25) is 0 Å². The van der Waals surface area contributed by atoms with E-state index in [-0.39, 0.29) is 5.78 Å². The highest BCUT2D eigenvalue weighted by molar-refractivity contribution is 5.82. The minimum absolute atomic E-state index is 0.00287. The third-order valence-corrected chi connectivity index (χ3v) is 2.02. The van der Waals surface area contributed by atoms with E-state index in [0.717, 1.165) is 0 Å². The van der Waals surface area contributed by atoms with Gasteiger partial charge in [-0.15, -0.1) is 0 Å². The summed E-state index contributed by atoms with van der Waals surface area (Å²) in [6.45, 7) is 6.78. The molecule has 0 aliphatic rings. The summed E-state index contributed by atoms with van der Waals surface area (Å²) >= 11 is 0. The Balaban J connectivity index is 4.41. The Bertz CT molecular complexity index is 168. The molecule has 1 unspecified atom stereocenters. The first kappa shape index (κ1) is 10.4. The average molecular weight is 156 g/mol. The monoisotopic (exact) mass is 156 g/mol. The lowest BCUT2D eigenvalue weighted by Crippen LogP contribution is -2.34. The first-order valence-corrected chi connectivity index (χ1v) is 3.75. The third kappa shape index (κ3) is 2.46. The van der Waals surface area contributed by atoms with Gasteiger partial charge in [-0.2, -0.15) is 0 Å². The summed E-state index contributed by atoms with van der Waals surface area (Å²) in [7, 11) is 0. The number of hydrogen-bond acceptors (Lipinski definition) is 2. The molecule has 0 aromatic carbocycles. The number of aliphatic hydroxyl groups is 1. The topological polar surface area (TPSA) is 37.3 Å². The quantitative estimate of drug-likeness (QED) is 0.629. The molecule has 0 radical (unpaired) electrons. The zero-order chi connectivity index (χ0) is 9.07. The molecule has 0 saturated heterocycles. The van der Waals surface area contributed by atoms with Crippen molar-refractivity contribution in [1.29, 1.82) is 0 Å². The number of carbonyl (C=O) groups excluding carboxylic acids is 1. The summed E-state index contributed by atoms with van der Waals surface area (Å²) in [4.78, 5) is 11.0. The maximum Gasteiger partial charge on any atom is 0.138 e. The van der Waals surface area contributed by atoms with E-state index in [2.05, 4.69) is 0 Å². The van der Waals surface area contributed by atoms with Crippen LogP contribution in [0.25, 0.3) is 0 Å². The Morgan fingerprint density at radius 3 is 2.27 bits per heavy atom. The molecular formula is C9H16O2. The molecule has 11 heavy (non-hydrogen) atoms. The molecule has 0 aliphatic carbocycles. The van der Waals surface area contributed by atoms with E-state index < -0.39 is 11.5 Å². The van der Waals surface area contributed by atoms with Crippen molar-refractivity contribution in [3.8, 4) is 0 Å². The first-order valence-electron chi connectivity index (χ1n) is 3.75. The maximum absolute atomic E-state index is 11.0. The molecule has 2 nitrogen and oxygen atoms in total. The average Bonchev–Trinajstić information content (AvgIpc) is 1.88. The molecule has 0 aromatic rings. The number of hydrogen-bond donors (Lipinski definition) is 1. The van der Waals surface area contributed by atoms with Crippen LogP contribution in [0.4, 0.5) is 0 Å². The second-order valence-corrected chi connectivity index (χ2v) is 3.25. The van der Waals surface area contributed by atoms with E-state index in [9.17, 15) is 9.90 Å². The van der Waals surface area contributed by atoms with Gasteiger partial charge in [0.25, 0.3) is 0 Å². The summed E-state index contributed by atoms with van der Waals surface area (Å²) < 4.78 is 0. The Morgan fingerprint density at radius 2 is 2.00 bits per heavy atom. The molecule has 64 valence electrons. The van der Waals surface area contributed by atoms with Crippen molar-refractivity contribution in [2.75, 3.05) is 0 Å². The lowest BCUT2D eigenvalue weighted by Gasteiger charge is -2.24. The zero-order valence-electron chi connectivity index (χ0n) is 7.59. The molecule has 1 N–H and O–H groups in total. The molecule has 1 atom stereocenters. The van der Waals surface area contributed by atoms with Gasteiger partial charge in [-0.25, -0.2) is 0 Å². The van der Waals surface area contributed by atoms with Gasteiger partial charge < -0.3 is 5.11 Å². The highest BCUT2D eigenvalue weighted by Gasteiger charge is 2.30. The molecule has 0 fully saturated rings. The molecule has 0 amide bonds. The predicted molar refractivity (Wildman–Crippen MR) is 45.3 cm³/mol. The van der Waals surface area contributed by atoms with Crippen molar-refractivity contribution >= 4 is 5.78 Å². The summed E-state index contributed by atoms with van der Waals surface area (Å²) in [5.74, 6) is 0.00287. The molecule has 0 bridgehead atoms. The molecule has 0 heterocycles. The van der Waals surface area contributed by atoms with E-state index in [1.807, 2.05) is 6.92 Å². The van der Waals surface area contributed by atoms with Crippen LogP contribution >= 0.6 is 0 Å². The highest BCUT2D eigenvalue weighted by atomic mass is 16.3. The van der Waals surface area contributed by atoms with Crippen molar-refractivity contribution in [1.82, 2.24) is 0 Å². The fourth-order valence-electron chi connectivity index (χ4n) is 0.631. The molecule has 2 heteroatoms.